The van der Waals surface area contributed by atoms with Crippen molar-refractivity contribution >= 4 is 5.82 Å². The van der Waals surface area contributed by atoms with Crippen LogP contribution < -0.4 is 5.73 Å². The predicted molar refractivity (Wildman–Crippen MR) is 69.0 cm³/mol. The zero-order valence-electron chi connectivity index (χ0n) is 10.0. The van der Waals surface area contributed by atoms with E-state index in [4.69, 9.17) is 10.3 Å². The number of hydrogen-bond donors (Lipinski definition) is 1. The van der Waals surface area contributed by atoms with Crippen molar-refractivity contribution in [1.29, 1.82) is 0 Å². The minimum Gasteiger partial charge on any atom is -0.384 e. The number of aromatic nitrogens is 4. The lowest BCUT2D eigenvalue weighted by Gasteiger charge is -1.94. The molecule has 0 saturated carbocycles. The first-order chi connectivity index (χ1) is 9.31. The third-order valence-electron chi connectivity index (χ3n) is 2.61. The summed E-state index contributed by atoms with van der Waals surface area (Å²) in [6.07, 6.45) is 5.69. The van der Waals surface area contributed by atoms with E-state index in [1.807, 2.05) is 12.1 Å². The lowest BCUT2D eigenvalue weighted by atomic mass is 10.2. The zero-order valence-corrected chi connectivity index (χ0v) is 10.0. The molecular weight excluding hydrogens is 242 g/mol. The minimum atomic E-state index is 0.441. The largest absolute Gasteiger partial charge is 0.384 e. The van der Waals surface area contributed by atoms with Crippen molar-refractivity contribution in [2.75, 3.05) is 5.73 Å². The van der Waals surface area contributed by atoms with Crippen LogP contribution in [0, 0.1) is 0 Å². The second-order valence-corrected chi connectivity index (χ2v) is 4.02. The Hall–Kier alpha value is -2.76. The third-order valence-corrected chi connectivity index (χ3v) is 2.61. The number of hydrogen-bond acceptors (Lipinski definition) is 6. The molecule has 6 nitrogen and oxygen atoms in total. The Morgan fingerprint density at radius 3 is 2.68 bits per heavy atom. The molecule has 0 saturated heterocycles. The van der Waals surface area contributed by atoms with Crippen LogP contribution in [0.1, 0.15) is 11.4 Å². The van der Waals surface area contributed by atoms with Gasteiger partial charge in [0.1, 0.15) is 5.82 Å². The molecule has 19 heavy (non-hydrogen) atoms. The van der Waals surface area contributed by atoms with Gasteiger partial charge in [-0.2, -0.15) is 4.98 Å². The van der Waals surface area contributed by atoms with E-state index in [-0.39, 0.29) is 0 Å². The number of pyridine rings is 2. The topological polar surface area (TPSA) is 90.7 Å². The second kappa shape index (κ2) is 4.85. The Balaban J connectivity index is 1.82. The number of nitrogens with two attached hydrogens (primary N) is 1. The van der Waals surface area contributed by atoms with Crippen LogP contribution in [0.15, 0.2) is 47.4 Å². The van der Waals surface area contributed by atoms with Crippen LogP contribution in [0.5, 0.6) is 0 Å². The highest BCUT2D eigenvalue weighted by molar-refractivity contribution is 5.53. The monoisotopic (exact) mass is 253 g/mol. The summed E-state index contributed by atoms with van der Waals surface area (Å²) in [7, 11) is 0. The molecule has 0 fully saturated rings. The summed E-state index contributed by atoms with van der Waals surface area (Å²) in [6, 6.07) is 7.33. The van der Waals surface area contributed by atoms with Crippen molar-refractivity contribution in [1.82, 2.24) is 20.1 Å². The van der Waals surface area contributed by atoms with Crippen LogP contribution in [-0.2, 0) is 6.42 Å². The first-order valence-corrected chi connectivity index (χ1v) is 5.74. The van der Waals surface area contributed by atoms with Crippen LogP contribution >= 0.6 is 0 Å². The van der Waals surface area contributed by atoms with E-state index in [2.05, 4.69) is 20.1 Å². The van der Waals surface area contributed by atoms with E-state index in [1.54, 1.807) is 30.7 Å². The van der Waals surface area contributed by atoms with Gasteiger partial charge in [-0.15, -0.1) is 0 Å². The molecular formula is C13H11N5O. The van der Waals surface area contributed by atoms with Gasteiger partial charge in [0.05, 0.1) is 5.56 Å². The standard InChI is InChI=1S/C13H11N5O/c14-11-2-1-10(8-16-11)13-17-12(18-19-13)7-9-3-5-15-6-4-9/h1-6,8H,7H2,(H2,14,16). The van der Waals surface area contributed by atoms with Gasteiger partial charge in [-0.3, -0.25) is 4.98 Å². The summed E-state index contributed by atoms with van der Waals surface area (Å²) < 4.78 is 5.21. The van der Waals surface area contributed by atoms with E-state index in [0.29, 0.717) is 24.0 Å². The molecule has 2 N–H and O–H groups in total. The smallest absolute Gasteiger partial charge is 0.259 e. The molecule has 3 aromatic heterocycles. The average Bonchev–Trinajstić information content (AvgIpc) is 2.89. The van der Waals surface area contributed by atoms with Crippen LogP contribution in [0.2, 0.25) is 0 Å². The molecule has 0 aliphatic rings. The molecule has 0 bridgehead atoms. The highest BCUT2D eigenvalue weighted by atomic mass is 16.5. The lowest BCUT2D eigenvalue weighted by Crippen LogP contribution is -1.91. The minimum absolute atomic E-state index is 0.441. The van der Waals surface area contributed by atoms with Crippen molar-refractivity contribution in [3.63, 3.8) is 0 Å². The van der Waals surface area contributed by atoms with Crippen molar-refractivity contribution in [2.24, 2.45) is 0 Å². The fourth-order valence-electron chi connectivity index (χ4n) is 1.66. The molecule has 0 aliphatic heterocycles. The summed E-state index contributed by atoms with van der Waals surface area (Å²) in [4.78, 5) is 12.3. The molecule has 3 heterocycles. The van der Waals surface area contributed by atoms with Gasteiger partial charge in [0.15, 0.2) is 5.82 Å². The molecule has 0 radical (unpaired) electrons. The summed E-state index contributed by atoms with van der Waals surface area (Å²) in [5, 5.41) is 3.94. The predicted octanol–water partition coefficient (Wildman–Crippen LogP) is 1.70. The SMILES string of the molecule is Nc1ccc(-c2nc(Cc3ccncc3)no2)cn1. The number of rotatable bonds is 3. The maximum absolute atomic E-state index is 5.53. The van der Waals surface area contributed by atoms with E-state index in [9.17, 15) is 0 Å². The van der Waals surface area contributed by atoms with Crippen LogP contribution in [-0.4, -0.2) is 20.1 Å². The number of nitrogens with zero attached hydrogens (tertiary/aromatic N) is 4. The number of nitrogen functional groups attached to an aromatic ring is 1. The highest BCUT2D eigenvalue weighted by Gasteiger charge is 2.09. The van der Waals surface area contributed by atoms with Gasteiger partial charge >= 0.3 is 0 Å². The Morgan fingerprint density at radius 2 is 1.95 bits per heavy atom. The molecule has 0 unspecified atom stereocenters. The lowest BCUT2D eigenvalue weighted by molar-refractivity contribution is 0.424. The molecule has 0 aliphatic carbocycles. The van der Waals surface area contributed by atoms with Gasteiger partial charge in [-0.25, -0.2) is 4.98 Å². The molecule has 0 spiro atoms. The van der Waals surface area contributed by atoms with Crippen molar-refractivity contribution in [2.45, 2.75) is 6.42 Å². The van der Waals surface area contributed by atoms with Crippen LogP contribution in [0.4, 0.5) is 5.82 Å². The fourth-order valence-corrected chi connectivity index (χ4v) is 1.66. The molecule has 94 valence electrons. The van der Waals surface area contributed by atoms with E-state index < -0.39 is 0 Å². The molecule has 3 aromatic rings. The van der Waals surface area contributed by atoms with E-state index in [0.717, 1.165) is 11.1 Å². The Labute approximate surface area is 109 Å². The van der Waals surface area contributed by atoms with Crippen LogP contribution in [0.25, 0.3) is 11.5 Å². The maximum Gasteiger partial charge on any atom is 0.259 e. The quantitative estimate of drug-likeness (QED) is 0.763. The molecule has 6 heteroatoms. The average molecular weight is 253 g/mol. The van der Waals surface area contributed by atoms with Crippen LogP contribution in [0.3, 0.4) is 0 Å². The summed E-state index contributed by atoms with van der Waals surface area (Å²) in [6.45, 7) is 0. The summed E-state index contributed by atoms with van der Waals surface area (Å²) in [5.41, 5.74) is 7.36. The second-order valence-electron chi connectivity index (χ2n) is 4.02. The zero-order chi connectivity index (χ0) is 13.1. The van der Waals surface area contributed by atoms with E-state index in [1.165, 1.54) is 0 Å². The van der Waals surface area contributed by atoms with Gasteiger partial charge < -0.3 is 10.3 Å². The summed E-state index contributed by atoms with van der Waals surface area (Å²) in [5.74, 6) is 1.52. The van der Waals surface area contributed by atoms with E-state index >= 15 is 0 Å². The normalized spacial score (nSPS) is 10.5. The molecule has 0 aromatic carbocycles. The highest BCUT2D eigenvalue weighted by Crippen LogP contribution is 2.17. The van der Waals surface area contributed by atoms with Crippen molar-refractivity contribution in [3.8, 4) is 11.5 Å². The molecule has 3 rings (SSSR count). The molecule has 0 atom stereocenters. The summed E-state index contributed by atoms with van der Waals surface area (Å²) >= 11 is 0. The van der Waals surface area contributed by atoms with Crippen molar-refractivity contribution < 1.29 is 4.52 Å². The molecule has 0 amide bonds. The third kappa shape index (κ3) is 2.57. The first-order valence-electron chi connectivity index (χ1n) is 5.74. The Kier molecular flexibility index (Phi) is 2.89. The number of anilines is 1. The van der Waals surface area contributed by atoms with Gasteiger partial charge in [0, 0.05) is 25.0 Å². The first kappa shape index (κ1) is 11.3. The van der Waals surface area contributed by atoms with Gasteiger partial charge in [0.2, 0.25) is 0 Å². The maximum atomic E-state index is 5.53. The van der Waals surface area contributed by atoms with Crippen molar-refractivity contribution in [3.05, 3.63) is 54.2 Å². The Bertz CT molecular complexity index is 663. The van der Waals surface area contributed by atoms with Gasteiger partial charge in [-0.1, -0.05) is 5.16 Å². The fraction of sp³-hybridized carbons (Fsp3) is 0.0769. The van der Waals surface area contributed by atoms with Gasteiger partial charge in [-0.05, 0) is 29.8 Å². The van der Waals surface area contributed by atoms with Gasteiger partial charge in [0.25, 0.3) is 5.89 Å². The Morgan fingerprint density at radius 1 is 1.11 bits per heavy atom.